The van der Waals surface area contributed by atoms with Gasteiger partial charge in [0.25, 0.3) is 0 Å². The fourth-order valence-corrected chi connectivity index (χ4v) is 1.82. The van der Waals surface area contributed by atoms with Crippen molar-refractivity contribution in [2.24, 2.45) is 0 Å². The Kier molecular flexibility index (Phi) is 7.73. The number of hydrogen-bond acceptors (Lipinski definition) is 6. The summed E-state index contributed by atoms with van der Waals surface area (Å²) in [6, 6.07) is 0. The van der Waals surface area contributed by atoms with Gasteiger partial charge in [-0.1, -0.05) is 0 Å². The summed E-state index contributed by atoms with van der Waals surface area (Å²) >= 11 is 0. The molecule has 108 valence electrons. The molecular weight excluding hydrogens is 238 g/mol. The van der Waals surface area contributed by atoms with E-state index in [9.17, 15) is 10.2 Å². The van der Waals surface area contributed by atoms with Gasteiger partial charge in [-0.05, 0) is 0 Å². The average molecular weight is 263 g/mol. The molecular formula is C12H25NO5. The van der Waals surface area contributed by atoms with Gasteiger partial charge in [0.05, 0.1) is 31.5 Å². The molecule has 18 heavy (non-hydrogen) atoms. The highest BCUT2D eigenvalue weighted by Crippen LogP contribution is 2.18. The second-order valence-electron chi connectivity index (χ2n) is 4.69. The zero-order chi connectivity index (χ0) is 13.3. The summed E-state index contributed by atoms with van der Waals surface area (Å²) in [6.07, 6.45) is 0.714. The van der Waals surface area contributed by atoms with Crippen LogP contribution in [-0.4, -0.2) is 75.2 Å². The molecule has 0 aromatic heterocycles. The lowest BCUT2D eigenvalue weighted by molar-refractivity contribution is -0.0633. The van der Waals surface area contributed by atoms with Crippen LogP contribution in [-0.2, 0) is 14.2 Å². The number of nitrogens with one attached hydrogen (secondary N) is 1. The van der Waals surface area contributed by atoms with E-state index in [1.807, 2.05) is 0 Å². The van der Waals surface area contributed by atoms with Crippen LogP contribution in [0.15, 0.2) is 0 Å². The third-order valence-electron chi connectivity index (χ3n) is 3.00. The van der Waals surface area contributed by atoms with Gasteiger partial charge in [-0.15, -0.1) is 0 Å². The van der Waals surface area contributed by atoms with Crippen molar-refractivity contribution in [1.82, 2.24) is 5.32 Å². The van der Waals surface area contributed by atoms with Crippen LogP contribution < -0.4 is 5.32 Å². The summed E-state index contributed by atoms with van der Waals surface area (Å²) < 4.78 is 15.2. The summed E-state index contributed by atoms with van der Waals surface area (Å²) in [5.74, 6) is 0. The molecule has 1 aliphatic rings. The number of methoxy groups -OCH3 is 1. The van der Waals surface area contributed by atoms with Crippen LogP contribution in [0.1, 0.15) is 12.8 Å². The monoisotopic (exact) mass is 263 g/mol. The molecule has 1 saturated heterocycles. The molecule has 1 heterocycles. The molecule has 1 atom stereocenters. The van der Waals surface area contributed by atoms with Crippen molar-refractivity contribution in [3.05, 3.63) is 0 Å². The van der Waals surface area contributed by atoms with Crippen LogP contribution in [0.3, 0.4) is 0 Å². The van der Waals surface area contributed by atoms with Crippen LogP contribution in [0.5, 0.6) is 0 Å². The van der Waals surface area contributed by atoms with E-state index < -0.39 is 11.7 Å². The molecule has 3 N–H and O–H groups in total. The van der Waals surface area contributed by atoms with E-state index in [4.69, 9.17) is 14.2 Å². The minimum absolute atomic E-state index is 0.276. The van der Waals surface area contributed by atoms with E-state index in [0.717, 1.165) is 0 Å². The summed E-state index contributed by atoms with van der Waals surface area (Å²) in [4.78, 5) is 0. The predicted octanol–water partition coefficient (Wildman–Crippen LogP) is -0.859. The van der Waals surface area contributed by atoms with Crippen molar-refractivity contribution in [1.29, 1.82) is 0 Å². The van der Waals surface area contributed by atoms with Gasteiger partial charge in [0, 0.05) is 46.3 Å². The number of ether oxygens (including phenoxy) is 3. The maximum absolute atomic E-state index is 10.2. The van der Waals surface area contributed by atoms with Crippen molar-refractivity contribution in [3.63, 3.8) is 0 Å². The number of aliphatic hydroxyl groups is 2. The smallest absolute Gasteiger partial charge is 0.0897 e. The van der Waals surface area contributed by atoms with E-state index in [0.29, 0.717) is 52.4 Å². The van der Waals surface area contributed by atoms with Crippen LogP contribution >= 0.6 is 0 Å². The molecule has 1 aliphatic heterocycles. The molecule has 0 amide bonds. The molecule has 0 aliphatic carbocycles. The van der Waals surface area contributed by atoms with E-state index in [2.05, 4.69) is 5.32 Å². The number of rotatable bonds is 9. The van der Waals surface area contributed by atoms with Crippen LogP contribution in [0.2, 0.25) is 0 Å². The normalized spacial score (nSPS) is 20.8. The van der Waals surface area contributed by atoms with Gasteiger partial charge in [-0.25, -0.2) is 0 Å². The Morgan fingerprint density at radius 1 is 1.33 bits per heavy atom. The van der Waals surface area contributed by atoms with Gasteiger partial charge in [0.1, 0.15) is 0 Å². The van der Waals surface area contributed by atoms with Crippen molar-refractivity contribution >= 4 is 0 Å². The van der Waals surface area contributed by atoms with E-state index in [1.165, 1.54) is 0 Å². The SMILES string of the molecule is COCCOCC(O)CNCC1(O)CCOCC1. The third-order valence-corrected chi connectivity index (χ3v) is 3.00. The third kappa shape index (κ3) is 6.63. The van der Waals surface area contributed by atoms with Crippen molar-refractivity contribution in [2.45, 2.75) is 24.5 Å². The van der Waals surface area contributed by atoms with E-state index in [-0.39, 0.29) is 6.61 Å². The van der Waals surface area contributed by atoms with Gasteiger partial charge < -0.3 is 29.7 Å². The molecule has 1 unspecified atom stereocenters. The van der Waals surface area contributed by atoms with Crippen molar-refractivity contribution < 1.29 is 24.4 Å². The lowest BCUT2D eigenvalue weighted by Crippen LogP contribution is -2.47. The highest BCUT2D eigenvalue weighted by molar-refractivity contribution is 4.83. The molecule has 0 saturated carbocycles. The van der Waals surface area contributed by atoms with Gasteiger partial charge in [-0.3, -0.25) is 0 Å². The fourth-order valence-electron chi connectivity index (χ4n) is 1.82. The summed E-state index contributed by atoms with van der Waals surface area (Å²) in [5, 5.41) is 22.9. The quantitative estimate of drug-likeness (QED) is 0.470. The maximum atomic E-state index is 10.2. The first kappa shape index (κ1) is 15.8. The second-order valence-corrected chi connectivity index (χ2v) is 4.69. The average Bonchev–Trinajstić information content (AvgIpc) is 2.35. The number of hydrogen-bond donors (Lipinski definition) is 3. The van der Waals surface area contributed by atoms with E-state index in [1.54, 1.807) is 7.11 Å². The molecule has 6 nitrogen and oxygen atoms in total. The van der Waals surface area contributed by atoms with Crippen molar-refractivity contribution in [2.75, 3.05) is 53.2 Å². The molecule has 1 fully saturated rings. The lowest BCUT2D eigenvalue weighted by Gasteiger charge is -2.32. The molecule has 6 heteroatoms. The number of aliphatic hydroxyl groups excluding tert-OH is 1. The fraction of sp³-hybridized carbons (Fsp3) is 1.00. The first-order valence-electron chi connectivity index (χ1n) is 6.42. The first-order valence-corrected chi connectivity index (χ1v) is 6.42. The maximum Gasteiger partial charge on any atom is 0.0897 e. The summed E-state index contributed by atoms with van der Waals surface area (Å²) in [7, 11) is 1.61. The zero-order valence-corrected chi connectivity index (χ0v) is 11.1. The Morgan fingerprint density at radius 2 is 2.06 bits per heavy atom. The topological polar surface area (TPSA) is 80.2 Å². The van der Waals surface area contributed by atoms with Gasteiger partial charge >= 0.3 is 0 Å². The summed E-state index contributed by atoms with van der Waals surface area (Å²) in [6.45, 7) is 3.37. The molecule has 1 rings (SSSR count). The zero-order valence-electron chi connectivity index (χ0n) is 11.1. The van der Waals surface area contributed by atoms with Crippen LogP contribution in [0, 0.1) is 0 Å². The van der Waals surface area contributed by atoms with Crippen LogP contribution in [0.25, 0.3) is 0 Å². The molecule has 0 bridgehead atoms. The van der Waals surface area contributed by atoms with Crippen molar-refractivity contribution in [3.8, 4) is 0 Å². The largest absolute Gasteiger partial charge is 0.389 e. The standard InChI is InChI=1S/C12H25NO5/c1-16-6-7-18-9-11(14)8-13-10-12(15)2-4-17-5-3-12/h11,13-15H,2-10H2,1H3. The predicted molar refractivity (Wildman–Crippen MR) is 66.6 cm³/mol. The lowest BCUT2D eigenvalue weighted by atomic mass is 9.94. The molecule has 0 aromatic carbocycles. The Balaban J connectivity index is 2.02. The Labute approximate surface area is 108 Å². The van der Waals surface area contributed by atoms with E-state index >= 15 is 0 Å². The highest BCUT2D eigenvalue weighted by atomic mass is 16.5. The Hall–Kier alpha value is -0.240. The Morgan fingerprint density at radius 3 is 2.72 bits per heavy atom. The van der Waals surface area contributed by atoms with Crippen LogP contribution in [0.4, 0.5) is 0 Å². The molecule has 0 radical (unpaired) electrons. The first-order chi connectivity index (χ1) is 8.66. The molecule has 0 aromatic rings. The minimum atomic E-state index is -0.700. The van der Waals surface area contributed by atoms with Gasteiger partial charge in [0.2, 0.25) is 0 Å². The minimum Gasteiger partial charge on any atom is -0.389 e. The Bertz CT molecular complexity index is 209. The summed E-state index contributed by atoms with van der Waals surface area (Å²) in [5.41, 5.74) is -0.700. The van der Waals surface area contributed by atoms with Gasteiger partial charge in [-0.2, -0.15) is 0 Å². The second kappa shape index (κ2) is 8.79. The van der Waals surface area contributed by atoms with Gasteiger partial charge in [0.15, 0.2) is 0 Å². The molecule has 0 spiro atoms. The highest BCUT2D eigenvalue weighted by Gasteiger charge is 2.29.